The Labute approximate surface area is 198 Å². The van der Waals surface area contributed by atoms with Crippen LogP contribution in [0.4, 0.5) is 0 Å². The van der Waals surface area contributed by atoms with Crippen molar-refractivity contribution in [2.24, 2.45) is 5.92 Å². The topological polar surface area (TPSA) is 89.1 Å². The van der Waals surface area contributed by atoms with E-state index in [4.69, 9.17) is 11.6 Å². The third-order valence-corrected chi connectivity index (χ3v) is 7.42. The van der Waals surface area contributed by atoms with E-state index in [1.165, 1.54) is 26.0 Å². The number of aromatic amines is 1. The summed E-state index contributed by atoms with van der Waals surface area (Å²) in [4.78, 5) is 19.4. The maximum atomic E-state index is 12.0. The fourth-order valence-corrected chi connectivity index (χ4v) is 5.50. The molecule has 1 N–H and O–H groups in total. The molecule has 1 aliphatic carbocycles. The summed E-state index contributed by atoms with van der Waals surface area (Å²) < 4.78 is 28.6. The molecule has 6 nitrogen and oxygen atoms in total. The molecule has 0 bridgehead atoms. The van der Waals surface area contributed by atoms with E-state index in [1.54, 1.807) is 30.5 Å². The third kappa shape index (κ3) is 5.37. The van der Waals surface area contributed by atoms with Gasteiger partial charge in [-0.15, -0.1) is 0 Å². The van der Waals surface area contributed by atoms with E-state index in [-0.39, 0.29) is 9.92 Å². The molecule has 0 radical (unpaired) electrons. The lowest BCUT2D eigenvalue weighted by atomic mass is 9.96. The van der Waals surface area contributed by atoms with E-state index in [9.17, 15) is 13.2 Å². The molecule has 1 fully saturated rings. The standard InChI is InChI=1S/C25H25ClN2O4S/c1-32-24(29)10-7-17-11-19-14-22(28-25(19)27-15-17)20(12-16-5-3-4-6-16)18-8-9-23(21(26)13-18)33(2,30)31/h7-16H,3-6H2,1-2H3,(H,27,28)/b10-7+,20-12+. The molecule has 33 heavy (non-hydrogen) atoms. The van der Waals surface area contributed by atoms with Gasteiger partial charge in [0, 0.05) is 35.2 Å². The van der Waals surface area contributed by atoms with Gasteiger partial charge in [-0.2, -0.15) is 0 Å². The number of benzene rings is 1. The van der Waals surface area contributed by atoms with E-state index >= 15 is 0 Å². The molecule has 2 aromatic heterocycles. The Morgan fingerprint density at radius 1 is 1.21 bits per heavy atom. The van der Waals surface area contributed by atoms with Gasteiger partial charge in [0.1, 0.15) is 5.65 Å². The third-order valence-electron chi connectivity index (χ3n) is 5.84. The van der Waals surface area contributed by atoms with E-state index in [2.05, 4.69) is 20.8 Å². The Balaban J connectivity index is 1.77. The average Bonchev–Trinajstić information content (AvgIpc) is 3.43. The summed E-state index contributed by atoms with van der Waals surface area (Å²) >= 11 is 6.36. The number of ether oxygens (including phenoxy) is 1. The first kappa shape index (κ1) is 23.3. The number of carbonyl (C=O) groups is 1. The number of halogens is 1. The van der Waals surface area contributed by atoms with Gasteiger partial charge < -0.3 is 9.72 Å². The molecule has 0 spiro atoms. The van der Waals surface area contributed by atoms with Gasteiger partial charge in [0.2, 0.25) is 0 Å². The van der Waals surface area contributed by atoms with Crippen LogP contribution >= 0.6 is 11.6 Å². The van der Waals surface area contributed by atoms with Gasteiger partial charge in [0.15, 0.2) is 9.84 Å². The lowest BCUT2D eigenvalue weighted by Crippen LogP contribution is -2.00. The maximum Gasteiger partial charge on any atom is 0.330 e. The Bertz CT molecular complexity index is 1370. The molecule has 0 atom stereocenters. The highest BCUT2D eigenvalue weighted by molar-refractivity contribution is 7.90. The summed E-state index contributed by atoms with van der Waals surface area (Å²) in [6.45, 7) is 0. The highest BCUT2D eigenvalue weighted by Gasteiger charge is 2.19. The summed E-state index contributed by atoms with van der Waals surface area (Å²) in [6.07, 6.45) is 12.7. The molecule has 1 saturated carbocycles. The van der Waals surface area contributed by atoms with Crippen LogP contribution in [0, 0.1) is 5.92 Å². The molecular weight excluding hydrogens is 460 g/mol. The fourth-order valence-electron chi connectivity index (χ4n) is 4.17. The number of nitrogens with one attached hydrogen (secondary N) is 1. The van der Waals surface area contributed by atoms with E-state index < -0.39 is 15.8 Å². The number of fused-ring (bicyclic) bond motifs is 1. The van der Waals surface area contributed by atoms with E-state index in [0.29, 0.717) is 5.92 Å². The van der Waals surface area contributed by atoms with Crippen LogP contribution in [0.15, 0.2) is 53.6 Å². The quantitative estimate of drug-likeness (QED) is 0.372. The lowest BCUT2D eigenvalue weighted by molar-refractivity contribution is -0.134. The summed E-state index contributed by atoms with van der Waals surface area (Å²) in [6, 6.07) is 9.02. The van der Waals surface area contributed by atoms with Gasteiger partial charge in [0.25, 0.3) is 0 Å². The number of nitrogens with zero attached hydrogens (tertiary/aromatic N) is 1. The molecule has 0 amide bonds. The number of rotatable bonds is 6. The van der Waals surface area contributed by atoms with Crippen molar-refractivity contribution in [3.05, 3.63) is 70.5 Å². The number of allylic oxidation sites excluding steroid dienone is 1. The van der Waals surface area contributed by atoms with E-state index in [0.717, 1.165) is 52.5 Å². The van der Waals surface area contributed by atoms with Crippen LogP contribution in [0.25, 0.3) is 22.7 Å². The second kappa shape index (κ2) is 9.53. The van der Waals surface area contributed by atoms with Crippen molar-refractivity contribution >= 4 is 50.1 Å². The first-order valence-electron chi connectivity index (χ1n) is 10.7. The normalized spacial score (nSPS) is 15.5. The number of pyridine rings is 1. The number of esters is 1. The Hall–Kier alpha value is -2.90. The first-order chi connectivity index (χ1) is 15.7. The molecule has 2 heterocycles. The molecule has 1 aliphatic rings. The maximum absolute atomic E-state index is 12.0. The van der Waals surface area contributed by atoms with Crippen molar-refractivity contribution in [2.45, 2.75) is 30.6 Å². The molecular formula is C25H25ClN2O4S. The van der Waals surface area contributed by atoms with Gasteiger partial charge in [-0.3, -0.25) is 0 Å². The number of aromatic nitrogens is 2. The van der Waals surface area contributed by atoms with Crippen molar-refractivity contribution in [3.63, 3.8) is 0 Å². The predicted molar refractivity (Wildman–Crippen MR) is 131 cm³/mol. The molecule has 4 rings (SSSR count). The fraction of sp³-hybridized carbons (Fsp3) is 0.280. The van der Waals surface area contributed by atoms with Crippen LogP contribution in [0.2, 0.25) is 5.02 Å². The molecule has 0 aliphatic heterocycles. The van der Waals surface area contributed by atoms with Gasteiger partial charge in [0.05, 0.1) is 17.0 Å². The minimum atomic E-state index is -3.41. The predicted octanol–water partition coefficient (Wildman–Crippen LogP) is 5.43. The Morgan fingerprint density at radius 2 is 1.97 bits per heavy atom. The SMILES string of the molecule is COC(=O)/C=C/c1cnc2[nH]c(/C(=C/C3CCCC3)c3ccc(S(C)(=O)=O)c(Cl)c3)cc2c1. The molecule has 8 heteroatoms. The van der Waals surface area contributed by atoms with E-state index in [1.807, 2.05) is 12.1 Å². The zero-order valence-electron chi connectivity index (χ0n) is 18.5. The number of hydrogen-bond acceptors (Lipinski definition) is 5. The Kier molecular flexibility index (Phi) is 6.72. The zero-order valence-corrected chi connectivity index (χ0v) is 20.0. The van der Waals surface area contributed by atoms with Crippen molar-refractivity contribution in [1.29, 1.82) is 0 Å². The summed E-state index contributed by atoms with van der Waals surface area (Å²) in [5, 5.41) is 1.10. The monoisotopic (exact) mass is 484 g/mol. The van der Waals surface area contributed by atoms with Crippen molar-refractivity contribution in [1.82, 2.24) is 9.97 Å². The van der Waals surface area contributed by atoms with Crippen LogP contribution in [0.1, 0.15) is 42.5 Å². The van der Waals surface area contributed by atoms with Gasteiger partial charge in [-0.25, -0.2) is 18.2 Å². The van der Waals surface area contributed by atoms with Crippen LogP contribution in [0.5, 0.6) is 0 Å². The number of sulfone groups is 1. The smallest absolute Gasteiger partial charge is 0.330 e. The lowest BCUT2D eigenvalue weighted by Gasteiger charge is -2.12. The minimum Gasteiger partial charge on any atom is -0.466 e. The molecule has 0 saturated heterocycles. The zero-order chi connectivity index (χ0) is 23.6. The number of hydrogen-bond donors (Lipinski definition) is 1. The van der Waals surface area contributed by atoms with Crippen molar-refractivity contribution < 1.29 is 17.9 Å². The highest BCUT2D eigenvalue weighted by atomic mass is 35.5. The Morgan fingerprint density at radius 3 is 2.64 bits per heavy atom. The van der Waals surface area contributed by atoms with Gasteiger partial charge >= 0.3 is 5.97 Å². The molecule has 3 aromatic rings. The van der Waals surface area contributed by atoms with Crippen molar-refractivity contribution in [2.75, 3.05) is 13.4 Å². The van der Waals surface area contributed by atoms with Crippen LogP contribution in [-0.2, 0) is 19.4 Å². The first-order valence-corrected chi connectivity index (χ1v) is 13.0. The van der Waals surface area contributed by atoms with Gasteiger partial charge in [-0.1, -0.05) is 36.6 Å². The highest BCUT2D eigenvalue weighted by Crippen LogP contribution is 2.35. The van der Waals surface area contributed by atoms with Gasteiger partial charge in [-0.05, 0) is 60.2 Å². The summed E-state index contributed by atoms with van der Waals surface area (Å²) in [5.74, 6) is 0.0207. The molecule has 0 unspecified atom stereocenters. The summed E-state index contributed by atoms with van der Waals surface area (Å²) in [7, 11) is -2.08. The number of H-pyrrole nitrogens is 1. The second-order valence-corrected chi connectivity index (χ2v) is 10.7. The van der Waals surface area contributed by atoms with Crippen LogP contribution in [-0.4, -0.2) is 37.7 Å². The molecule has 1 aromatic carbocycles. The summed E-state index contributed by atoms with van der Waals surface area (Å²) in [5.41, 5.74) is 4.18. The number of methoxy groups -OCH3 is 1. The minimum absolute atomic E-state index is 0.119. The second-order valence-electron chi connectivity index (χ2n) is 8.29. The largest absolute Gasteiger partial charge is 0.466 e. The molecule has 172 valence electrons. The van der Waals surface area contributed by atoms with Crippen LogP contribution in [0.3, 0.4) is 0 Å². The average molecular weight is 485 g/mol. The number of carbonyl (C=O) groups excluding carboxylic acids is 1. The van der Waals surface area contributed by atoms with Crippen molar-refractivity contribution in [3.8, 4) is 0 Å². The van der Waals surface area contributed by atoms with Crippen LogP contribution < -0.4 is 0 Å².